The normalized spacial score (nSPS) is 25.4. The number of anilines is 1. The fraction of sp³-hybridized carbons (Fsp3) is 0.500. The number of fused-ring (bicyclic) bond motifs is 1. The molecular formula is C22H27N5O3. The van der Waals surface area contributed by atoms with Gasteiger partial charge in [0.25, 0.3) is 0 Å². The highest BCUT2D eigenvalue weighted by Gasteiger charge is 2.52. The lowest BCUT2D eigenvalue weighted by Crippen LogP contribution is -2.61. The number of hydroxylamine groups is 1. The highest BCUT2D eigenvalue weighted by Crippen LogP contribution is 2.52. The molecule has 2 atom stereocenters. The first-order chi connectivity index (χ1) is 14.6. The number of amides is 2. The lowest BCUT2D eigenvalue weighted by atomic mass is 9.81. The molecular weight excluding hydrogens is 382 g/mol. The van der Waals surface area contributed by atoms with Crippen LogP contribution >= 0.6 is 0 Å². The second-order valence-electron chi connectivity index (χ2n) is 8.82. The van der Waals surface area contributed by atoms with E-state index in [2.05, 4.69) is 16.3 Å². The minimum Gasteiger partial charge on any atom is -0.353 e. The molecule has 2 aromatic rings. The summed E-state index contributed by atoms with van der Waals surface area (Å²) in [5.74, 6) is -0.125. The van der Waals surface area contributed by atoms with Crippen molar-refractivity contribution in [1.29, 1.82) is 0 Å². The Hall–Kier alpha value is -2.71. The lowest BCUT2D eigenvalue weighted by molar-refractivity contribution is -0.145. The van der Waals surface area contributed by atoms with Crippen molar-refractivity contribution in [2.24, 2.45) is 11.3 Å². The third-order valence-corrected chi connectivity index (χ3v) is 6.92. The van der Waals surface area contributed by atoms with Crippen molar-refractivity contribution in [3.8, 4) is 0 Å². The molecule has 0 radical (unpaired) electrons. The number of pyridine rings is 1. The number of nitrogens with zero attached hydrogens (tertiary/aromatic N) is 3. The zero-order chi connectivity index (χ0) is 20.7. The quantitative estimate of drug-likeness (QED) is 0.520. The van der Waals surface area contributed by atoms with E-state index in [-0.39, 0.29) is 11.3 Å². The van der Waals surface area contributed by atoms with Gasteiger partial charge in [-0.15, -0.1) is 0 Å². The molecule has 3 aliphatic rings. The van der Waals surface area contributed by atoms with Gasteiger partial charge in [0, 0.05) is 38.1 Å². The monoisotopic (exact) mass is 409 g/mol. The molecule has 30 heavy (non-hydrogen) atoms. The Balaban J connectivity index is 1.25. The van der Waals surface area contributed by atoms with E-state index < -0.39 is 17.9 Å². The molecule has 8 nitrogen and oxygen atoms in total. The van der Waals surface area contributed by atoms with Crippen LogP contribution in [0.5, 0.6) is 0 Å². The molecule has 2 amide bonds. The topological polar surface area (TPSA) is 97.8 Å². The minimum absolute atomic E-state index is 0.0507. The van der Waals surface area contributed by atoms with E-state index in [1.54, 1.807) is 5.48 Å². The molecule has 3 heterocycles. The Morgan fingerprint density at radius 1 is 1.10 bits per heavy atom. The third kappa shape index (κ3) is 3.50. The number of para-hydroxylation sites is 1. The summed E-state index contributed by atoms with van der Waals surface area (Å²) >= 11 is 0. The summed E-state index contributed by atoms with van der Waals surface area (Å²) in [5, 5.41) is 13.6. The Morgan fingerprint density at radius 3 is 2.60 bits per heavy atom. The standard InChI is InChI=1S/C22H27N5O3/c28-20(25-30)16-13-22(7-8-22)14-23-19(16)21(29)27-11-9-26(10-12-27)18-6-5-15-3-1-2-4-17(15)24-18/h1-6,16,19,23,30H,7-14H2,(H,25,28). The predicted octanol–water partition coefficient (Wildman–Crippen LogP) is 1.15. The predicted molar refractivity (Wildman–Crippen MR) is 112 cm³/mol. The number of aromatic nitrogens is 1. The first-order valence-corrected chi connectivity index (χ1v) is 10.7. The molecule has 1 aromatic heterocycles. The number of hydrogen-bond donors (Lipinski definition) is 3. The molecule has 3 N–H and O–H groups in total. The number of carbonyl (C=O) groups is 2. The average Bonchev–Trinajstić information content (AvgIpc) is 3.56. The molecule has 1 saturated carbocycles. The minimum atomic E-state index is -0.575. The zero-order valence-electron chi connectivity index (χ0n) is 16.9. The van der Waals surface area contributed by atoms with Gasteiger partial charge >= 0.3 is 0 Å². The van der Waals surface area contributed by atoms with Crippen molar-refractivity contribution in [3.63, 3.8) is 0 Å². The summed E-state index contributed by atoms with van der Waals surface area (Å²) in [6.07, 6.45) is 2.81. The van der Waals surface area contributed by atoms with E-state index in [0.717, 1.165) is 36.1 Å². The van der Waals surface area contributed by atoms with Gasteiger partial charge in [-0.1, -0.05) is 18.2 Å². The van der Waals surface area contributed by atoms with Gasteiger partial charge < -0.3 is 15.1 Å². The van der Waals surface area contributed by atoms with Gasteiger partial charge in [0.05, 0.1) is 17.5 Å². The molecule has 8 heteroatoms. The van der Waals surface area contributed by atoms with Crippen LogP contribution in [0.4, 0.5) is 5.82 Å². The summed E-state index contributed by atoms with van der Waals surface area (Å²) in [4.78, 5) is 34.2. The highest BCUT2D eigenvalue weighted by atomic mass is 16.5. The Bertz CT molecular complexity index is 968. The fourth-order valence-electron chi connectivity index (χ4n) is 4.85. The number of benzene rings is 1. The van der Waals surface area contributed by atoms with Crippen LogP contribution in [0.15, 0.2) is 36.4 Å². The second kappa shape index (κ2) is 7.52. The van der Waals surface area contributed by atoms with Crippen LogP contribution in [0, 0.1) is 11.3 Å². The first kappa shape index (κ1) is 19.3. The third-order valence-electron chi connectivity index (χ3n) is 6.92. The molecule has 1 spiro atoms. The van der Waals surface area contributed by atoms with Crippen LogP contribution < -0.4 is 15.7 Å². The molecule has 1 aliphatic carbocycles. The zero-order valence-corrected chi connectivity index (χ0v) is 16.9. The van der Waals surface area contributed by atoms with Crippen molar-refractivity contribution < 1.29 is 14.8 Å². The van der Waals surface area contributed by atoms with Crippen LogP contribution in [0.3, 0.4) is 0 Å². The van der Waals surface area contributed by atoms with E-state index in [4.69, 9.17) is 10.2 Å². The maximum absolute atomic E-state index is 13.2. The van der Waals surface area contributed by atoms with Crippen molar-refractivity contribution in [3.05, 3.63) is 36.4 Å². The SMILES string of the molecule is O=C(NO)C1CC2(CC2)CNC1C(=O)N1CCN(c2ccc3ccccc3n2)CC1. The Kier molecular flexibility index (Phi) is 4.83. The molecule has 158 valence electrons. The summed E-state index contributed by atoms with van der Waals surface area (Å²) < 4.78 is 0. The molecule has 1 aromatic carbocycles. The van der Waals surface area contributed by atoms with Crippen molar-refractivity contribution in [2.75, 3.05) is 37.6 Å². The van der Waals surface area contributed by atoms with Crippen LogP contribution in [-0.4, -0.2) is 65.7 Å². The summed E-state index contributed by atoms with van der Waals surface area (Å²) in [6.45, 7) is 3.34. The van der Waals surface area contributed by atoms with Gasteiger partial charge in [-0.2, -0.15) is 0 Å². The maximum Gasteiger partial charge on any atom is 0.248 e. The van der Waals surface area contributed by atoms with E-state index in [9.17, 15) is 9.59 Å². The van der Waals surface area contributed by atoms with E-state index in [1.807, 2.05) is 35.2 Å². The average molecular weight is 409 g/mol. The number of piperazine rings is 1. The smallest absolute Gasteiger partial charge is 0.248 e. The Labute approximate surface area is 175 Å². The van der Waals surface area contributed by atoms with Crippen molar-refractivity contribution in [1.82, 2.24) is 20.7 Å². The largest absolute Gasteiger partial charge is 0.353 e. The van der Waals surface area contributed by atoms with Crippen LogP contribution in [0.25, 0.3) is 10.9 Å². The van der Waals surface area contributed by atoms with Crippen LogP contribution in [-0.2, 0) is 9.59 Å². The second-order valence-corrected chi connectivity index (χ2v) is 8.82. The summed E-state index contributed by atoms with van der Waals surface area (Å²) in [7, 11) is 0. The van der Waals surface area contributed by atoms with Crippen LogP contribution in [0.2, 0.25) is 0 Å². The molecule has 2 unspecified atom stereocenters. The Morgan fingerprint density at radius 2 is 1.87 bits per heavy atom. The number of piperidine rings is 1. The van der Waals surface area contributed by atoms with Crippen molar-refractivity contribution in [2.45, 2.75) is 25.3 Å². The number of carbonyl (C=O) groups excluding carboxylic acids is 2. The molecule has 5 rings (SSSR count). The maximum atomic E-state index is 13.2. The highest BCUT2D eigenvalue weighted by molar-refractivity contribution is 5.90. The molecule has 0 bridgehead atoms. The van der Waals surface area contributed by atoms with E-state index in [0.29, 0.717) is 32.6 Å². The number of hydrogen-bond acceptors (Lipinski definition) is 6. The number of nitrogens with one attached hydrogen (secondary N) is 2. The van der Waals surface area contributed by atoms with Gasteiger partial charge in [0.15, 0.2) is 0 Å². The lowest BCUT2D eigenvalue weighted by Gasteiger charge is -2.41. The molecule has 2 aliphatic heterocycles. The van der Waals surface area contributed by atoms with Gasteiger partial charge in [0.1, 0.15) is 5.82 Å². The fourth-order valence-corrected chi connectivity index (χ4v) is 4.85. The first-order valence-electron chi connectivity index (χ1n) is 10.7. The van der Waals surface area contributed by atoms with E-state index >= 15 is 0 Å². The number of rotatable bonds is 3. The summed E-state index contributed by atoms with van der Waals surface area (Å²) in [5.41, 5.74) is 2.86. The summed E-state index contributed by atoms with van der Waals surface area (Å²) in [6, 6.07) is 11.6. The van der Waals surface area contributed by atoms with Crippen LogP contribution in [0.1, 0.15) is 19.3 Å². The van der Waals surface area contributed by atoms with Gasteiger partial charge in [-0.3, -0.25) is 14.8 Å². The van der Waals surface area contributed by atoms with Crippen molar-refractivity contribution >= 4 is 28.5 Å². The molecule has 2 saturated heterocycles. The van der Waals surface area contributed by atoms with Gasteiger partial charge in [-0.05, 0) is 42.9 Å². The van der Waals surface area contributed by atoms with Gasteiger partial charge in [-0.25, -0.2) is 10.5 Å². The van der Waals surface area contributed by atoms with E-state index in [1.165, 1.54) is 0 Å². The molecule has 3 fully saturated rings. The van der Waals surface area contributed by atoms with Gasteiger partial charge in [0.2, 0.25) is 11.8 Å².